The lowest BCUT2D eigenvalue weighted by Crippen LogP contribution is -2.24. The lowest BCUT2D eigenvalue weighted by molar-refractivity contribution is -0.114. The quantitative estimate of drug-likeness (QED) is 0.731. The van der Waals surface area contributed by atoms with E-state index in [2.05, 4.69) is 16.0 Å². The highest BCUT2D eigenvalue weighted by Gasteiger charge is 2.08. The predicted molar refractivity (Wildman–Crippen MR) is 92.6 cm³/mol. The van der Waals surface area contributed by atoms with Crippen LogP contribution in [0.5, 0.6) is 0 Å². The van der Waals surface area contributed by atoms with Gasteiger partial charge in [-0.2, -0.15) is 0 Å². The Morgan fingerprint density at radius 1 is 1.08 bits per heavy atom. The Hall–Kier alpha value is -2.89. The van der Waals surface area contributed by atoms with Gasteiger partial charge in [-0.05, 0) is 36.8 Å². The predicted octanol–water partition coefficient (Wildman–Crippen LogP) is 3.02. The summed E-state index contributed by atoms with van der Waals surface area (Å²) in [6, 6.07) is 12.8. The maximum absolute atomic E-state index is 13.5. The molecule has 5 nitrogen and oxygen atoms in total. The third kappa shape index (κ3) is 5.08. The molecule has 2 aromatic rings. The Balaban J connectivity index is 1.91. The molecule has 3 N–H and O–H groups in total. The molecule has 0 atom stereocenters. The molecule has 0 spiro atoms. The van der Waals surface area contributed by atoms with Gasteiger partial charge >= 0.3 is 0 Å². The molecule has 126 valence electrons. The number of carbonyl (C=O) groups excluding carboxylic acids is 2. The highest BCUT2D eigenvalue weighted by atomic mass is 19.1. The molecule has 0 heterocycles. The van der Waals surface area contributed by atoms with E-state index in [-0.39, 0.29) is 24.0 Å². The van der Waals surface area contributed by atoms with Gasteiger partial charge in [-0.1, -0.05) is 25.1 Å². The first-order valence-electron chi connectivity index (χ1n) is 7.76. The third-order valence-electron chi connectivity index (χ3n) is 3.26. The van der Waals surface area contributed by atoms with Crippen molar-refractivity contribution in [2.45, 2.75) is 13.3 Å². The second-order valence-electron chi connectivity index (χ2n) is 5.22. The van der Waals surface area contributed by atoms with Crippen LogP contribution in [-0.4, -0.2) is 24.9 Å². The van der Waals surface area contributed by atoms with Gasteiger partial charge in [0.15, 0.2) is 0 Å². The minimum absolute atomic E-state index is 0.0334. The second kappa shape index (κ2) is 8.67. The summed E-state index contributed by atoms with van der Waals surface area (Å²) in [5.74, 6) is -1.02. The number of benzene rings is 2. The SMILES string of the molecule is CCCNC(=O)c1cccc(NCC(=O)Nc2ccccc2F)c1. The lowest BCUT2D eigenvalue weighted by atomic mass is 10.2. The standard InChI is InChI=1S/C18H20FN3O2/c1-2-10-20-18(24)13-6-5-7-14(11-13)21-12-17(23)22-16-9-4-3-8-15(16)19/h3-9,11,21H,2,10,12H2,1H3,(H,20,24)(H,22,23). The van der Waals surface area contributed by atoms with E-state index in [9.17, 15) is 14.0 Å². The number of halogens is 1. The van der Waals surface area contributed by atoms with Crippen LogP contribution >= 0.6 is 0 Å². The molecule has 0 saturated heterocycles. The molecule has 0 aliphatic heterocycles. The fourth-order valence-electron chi connectivity index (χ4n) is 2.05. The van der Waals surface area contributed by atoms with Crippen molar-refractivity contribution in [1.29, 1.82) is 0 Å². The number of carbonyl (C=O) groups is 2. The van der Waals surface area contributed by atoms with Crippen molar-refractivity contribution >= 4 is 23.2 Å². The molecule has 24 heavy (non-hydrogen) atoms. The largest absolute Gasteiger partial charge is 0.376 e. The molecular weight excluding hydrogens is 309 g/mol. The Morgan fingerprint density at radius 2 is 1.88 bits per heavy atom. The van der Waals surface area contributed by atoms with Crippen molar-refractivity contribution < 1.29 is 14.0 Å². The molecule has 0 aliphatic rings. The molecule has 0 saturated carbocycles. The summed E-state index contributed by atoms with van der Waals surface area (Å²) in [5, 5.41) is 8.20. The second-order valence-corrected chi connectivity index (χ2v) is 5.22. The van der Waals surface area contributed by atoms with Crippen molar-refractivity contribution in [2.24, 2.45) is 0 Å². The fourth-order valence-corrected chi connectivity index (χ4v) is 2.05. The Kier molecular flexibility index (Phi) is 6.31. The molecule has 0 radical (unpaired) electrons. The van der Waals surface area contributed by atoms with Crippen LogP contribution in [0.3, 0.4) is 0 Å². The monoisotopic (exact) mass is 329 g/mol. The van der Waals surface area contributed by atoms with E-state index >= 15 is 0 Å². The average Bonchev–Trinajstić information content (AvgIpc) is 2.60. The zero-order chi connectivity index (χ0) is 17.4. The van der Waals surface area contributed by atoms with E-state index in [0.29, 0.717) is 17.8 Å². The smallest absolute Gasteiger partial charge is 0.251 e. The third-order valence-corrected chi connectivity index (χ3v) is 3.26. The number of hydrogen-bond donors (Lipinski definition) is 3. The van der Waals surface area contributed by atoms with E-state index in [1.807, 2.05) is 6.92 Å². The number of hydrogen-bond acceptors (Lipinski definition) is 3. The molecule has 0 unspecified atom stereocenters. The summed E-state index contributed by atoms with van der Waals surface area (Å²) >= 11 is 0. The van der Waals surface area contributed by atoms with E-state index in [0.717, 1.165) is 6.42 Å². The Morgan fingerprint density at radius 3 is 2.62 bits per heavy atom. The highest BCUT2D eigenvalue weighted by molar-refractivity contribution is 5.96. The number of rotatable bonds is 7. The van der Waals surface area contributed by atoms with Crippen molar-refractivity contribution in [3.63, 3.8) is 0 Å². The van der Waals surface area contributed by atoms with Gasteiger partial charge in [-0.15, -0.1) is 0 Å². The van der Waals surface area contributed by atoms with Gasteiger partial charge in [-0.25, -0.2) is 4.39 Å². The van der Waals surface area contributed by atoms with Gasteiger partial charge in [0.2, 0.25) is 5.91 Å². The first-order chi connectivity index (χ1) is 11.6. The van der Waals surface area contributed by atoms with Crippen LogP contribution in [0.15, 0.2) is 48.5 Å². The van der Waals surface area contributed by atoms with E-state index in [4.69, 9.17) is 0 Å². The first kappa shape index (κ1) is 17.5. The van der Waals surface area contributed by atoms with Crippen LogP contribution in [0.4, 0.5) is 15.8 Å². The molecule has 2 amide bonds. The van der Waals surface area contributed by atoms with Gasteiger partial charge in [-0.3, -0.25) is 9.59 Å². The van der Waals surface area contributed by atoms with E-state index in [1.165, 1.54) is 12.1 Å². The summed E-state index contributed by atoms with van der Waals surface area (Å²) in [4.78, 5) is 23.8. The minimum Gasteiger partial charge on any atom is -0.376 e. The van der Waals surface area contributed by atoms with Crippen molar-refractivity contribution in [2.75, 3.05) is 23.7 Å². The topological polar surface area (TPSA) is 70.2 Å². The number of anilines is 2. The zero-order valence-corrected chi connectivity index (χ0v) is 13.4. The van der Waals surface area contributed by atoms with Crippen LogP contribution in [0.25, 0.3) is 0 Å². The molecule has 0 aliphatic carbocycles. The number of nitrogens with one attached hydrogen (secondary N) is 3. The fraction of sp³-hybridized carbons (Fsp3) is 0.222. The number of para-hydroxylation sites is 1. The average molecular weight is 329 g/mol. The van der Waals surface area contributed by atoms with Gasteiger partial charge in [0.25, 0.3) is 5.91 Å². The van der Waals surface area contributed by atoms with Crippen LogP contribution in [0.2, 0.25) is 0 Å². The summed E-state index contributed by atoms with van der Waals surface area (Å²) in [5.41, 5.74) is 1.29. The first-order valence-corrected chi connectivity index (χ1v) is 7.76. The van der Waals surface area contributed by atoms with Crippen molar-refractivity contribution in [3.05, 3.63) is 59.9 Å². The van der Waals surface area contributed by atoms with E-state index in [1.54, 1.807) is 36.4 Å². The van der Waals surface area contributed by atoms with Gasteiger partial charge in [0.1, 0.15) is 5.82 Å². The molecular formula is C18H20FN3O2. The normalized spacial score (nSPS) is 10.1. The summed E-state index contributed by atoms with van der Waals surface area (Å²) < 4.78 is 13.5. The van der Waals surface area contributed by atoms with Gasteiger partial charge in [0.05, 0.1) is 12.2 Å². The molecule has 2 aromatic carbocycles. The molecule has 0 bridgehead atoms. The summed E-state index contributed by atoms with van der Waals surface area (Å²) in [6.45, 7) is 2.56. The van der Waals surface area contributed by atoms with Crippen molar-refractivity contribution in [3.8, 4) is 0 Å². The molecule has 0 fully saturated rings. The van der Waals surface area contributed by atoms with Gasteiger partial charge < -0.3 is 16.0 Å². The lowest BCUT2D eigenvalue weighted by Gasteiger charge is -2.10. The summed E-state index contributed by atoms with van der Waals surface area (Å²) in [7, 11) is 0. The molecule has 0 aromatic heterocycles. The Bertz CT molecular complexity index is 719. The van der Waals surface area contributed by atoms with Crippen LogP contribution < -0.4 is 16.0 Å². The zero-order valence-electron chi connectivity index (χ0n) is 13.4. The van der Waals surface area contributed by atoms with Crippen LogP contribution in [0, 0.1) is 5.82 Å². The molecule has 6 heteroatoms. The van der Waals surface area contributed by atoms with Gasteiger partial charge in [0, 0.05) is 17.8 Å². The van der Waals surface area contributed by atoms with Crippen molar-refractivity contribution in [1.82, 2.24) is 5.32 Å². The van der Waals surface area contributed by atoms with E-state index < -0.39 is 5.82 Å². The summed E-state index contributed by atoms with van der Waals surface area (Å²) in [6.07, 6.45) is 0.861. The maximum Gasteiger partial charge on any atom is 0.251 e. The Labute approximate surface area is 140 Å². The maximum atomic E-state index is 13.5. The van der Waals surface area contributed by atoms with Crippen LogP contribution in [-0.2, 0) is 4.79 Å². The van der Waals surface area contributed by atoms with Crippen LogP contribution in [0.1, 0.15) is 23.7 Å². The molecule has 2 rings (SSSR count). The number of amides is 2. The minimum atomic E-state index is -0.486. The highest BCUT2D eigenvalue weighted by Crippen LogP contribution is 2.13.